The van der Waals surface area contributed by atoms with Crippen LogP contribution in [0.25, 0.3) is 0 Å². The number of nitrogens with zero attached hydrogens (tertiary/aromatic N) is 1. The molecule has 0 aliphatic heterocycles. The maximum Gasteiger partial charge on any atom is 0.305 e. The minimum atomic E-state index is -0.885. The molecule has 0 aliphatic carbocycles. The highest BCUT2D eigenvalue weighted by atomic mass is 16.5. The number of carboxylic acids is 1. The number of ether oxygens (including phenoxy) is 1. The second kappa shape index (κ2) is 9.00. The number of carbonyl (C=O) groups is 2. The summed E-state index contributed by atoms with van der Waals surface area (Å²) in [5.41, 5.74) is 1.17. The van der Waals surface area contributed by atoms with Crippen molar-refractivity contribution in [2.45, 2.75) is 32.6 Å². The molecule has 0 unspecified atom stereocenters. The SMILES string of the molecule is CCOc1ccc(CCCC(=O)N(C)CCC(=O)O)cc1. The lowest BCUT2D eigenvalue weighted by Crippen LogP contribution is -2.28. The van der Waals surface area contributed by atoms with Gasteiger partial charge in [0.15, 0.2) is 0 Å². The van der Waals surface area contributed by atoms with Crippen molar-refractivity contribution in [3.05, 3.63) is 29.8 Å². The van der Waals surface area contributed by atoms with Gasteiger partial charge in [-0.2, -0.15) is 0 Å². The highest BCUT2D eigenvalue weighted by molar-refractivity contribution is 5.76. The third kappa shape index (κ3) is 6.79. The van der Waals surface area contributed by atoms with Crippen LogP contribution in [0, 0.1) is 0 Å². The van der Waals surface area contributed by atoms with Crippen LogP contribution in [-0.2, 0) is 16.0 Å². The Morgan fingerprint density at radius 3 is 2.43 bits per heavy atom. The molecule has 0 heterocycles. The van der Waals surface area contributed by atoms with Crippen LogP contribution in [0.4, 0.5) is 0 Å². The zero-order valence-electron chi connectivity index (χ0n) is 12.7. The van der Waals surface area contributed by atoms with Crippen LogP contribution in [0.5, 0.6) is 5.75 Å². The van der Waals surface area contributed by atoms with Crippen LogP contribution >= 0.6 is 0 Å². The molecule has 0 atom stereocenters. The number of amides is 1. The van der Waals surface area contributed by atoms with Crippen LogP contribution in [0.1, 0.15) is 31.7 Å². The molecule has 5 heteroatoms. The average Bonchev–Trinajstić information content (AvgIpc) is 2.46. The third-order valence-corrected chi connectivity index (χ3v) is 3.18. The molecule has 0 fully saturated rings. The Morgan fingerprint density at radius 1 is 1.19 bits per heavy atom. The number of benzene rings is 1. The number of hydrogen-bond donors (Lipinski definition) is 1. The molecule has 0 radical (unpaired) electrons. The van der Waals surface area contributed by atoms with Gasteiger partial charge >= 0.3 is 5.97 Å². The number of aryl methyl sites for hydroxylation is 1. The normalized spacial score (nSPS) is 10.2. The molecule has 1 rings (SSSR count). The summed E-state index contributed by atoms with van der Waals surface area (Å²) in [6.07, 6.45) is 2.00. The van der Waals surface area contributed by atoms with E-state index in [2.05, 4.69) is 0 Å². The fourth-order valence-corrected chi connectivity index (χ4v) is 1.94. The predicted molar refractivity (Wildman–Crippen MR) is 80.4 cm³/mol. The lowest BCUT2D eigenvalue weighted by Gasteiger charge is -2.15. The summed E-state index contributed by atoms with van der Waals surface area (Å²) in [4.78, 5) is 23.7. The topological polar surface area (TPSA) is 66.8 Å². The van der Waals surface area contributed by atoms with Crippen LogP contribution in [0.3, 0.4) is 0 Å². The molecule has 0 saturated carbocycles. The molecule has 0 spiro atoms. The van der Waals surface area contributed by atoms with Gasteiger partial charge < -0.3 is 14.7 Å². The third-order valence-electron chi connectivity index (χ3n) is 3.18. The lowest BCUT2D eigenvalue weighted by molar-refractivity contribution is -0.138. The smallest absolute Gasteiger partial charge is 0.305 e. The molecule has 0 saturated heterocycles. The number of aliphatic carboxylic acids is 1. The van der Waals surface area contributed by atoms with E-state index in [0.29, 0.717) is 13.0 Å². The van der Waals surface area contributed by atoms with Gasteiger partial charge in [0, 0.05) is 20.0 Å². The zero-order valence-corrected chi connectivity index (χ0v) is 12.7. The van der Waals surface area contributed by atoms with Gasteiger partial charge in [0.05, 0.1) is 13.0 Å². The van der Waals surface area contributed by atoms with Crippen molar-refractivity contribution in [3.63, 3.8) is 0 Å². The lowest BCUT2D eigenvalue weighted by atomic mass is 10.1. The fraction of sp³-hybridized carbons (Fsp3) is 0.500. The minimum Gasteiger partial charge on any atom is -0.494 e. The summed E-state index contributed by atoms with van der Waals surface area (Å²) >= 11 is 0. The summed E-state index contributed by atoms with van der Waals surface area (Å²) < 4.78 is 5.37. The first-order valence-electron chi connectivity index (χ1n) is 7.20. The maximum atomic E-state index is 11.8. The first kappa shape index (κ1) is 17.0. The molecule has 116 valence electrons. The summed E-state index contributed by atoms with van der Waals surface area (Å²) in [5.74, 6) is -0.0445. The van der Waals surface area contributed by atoms with E-state index < -0.39 is 5.97 Å². The van der Waals surface area contributed by atoms with Crippen LogP contribution < -0.4 is 4.74 Å². The van der Waals surface area contributed by atoms with Crippen LogP contribution in [0.2, 0.25) is 0 Å². The van der Waals surface area contributed by atoms with Gasteiger partial charge in [-0.25, -0.2) is 0 Å². The number of carboxylic acid groups (broad SMARTS) is 1. The van der Waals surface area contributed by atoms with Crippen molar-refractivity contribution >= 4 is 11.9 Å². The Kier molecular flexibility index (Phi) is 7.29. The Hall–Kier alpha value is -2.04. The number of rotatable bonds is 9. The van der Waals surface area contributed by atoms with E-state index in [1.807, 2.05) is 31.2 Å². The Balaban J connectivity index is 2.28. The summed E-state index contributed by atoms with van der Waals surface area (Å²) in [5, 5.41) is 8.58. The first-order valence-corrected chi connectivity index (χ1v) is 7.20. The molecule has 0 aliphatic rings. The van der Waals surface area contributed by atoms with E-state index in [4.69, 9.17) is 9.84 Å². The summed E-state index contributed by atoms with van der Waals surface area (Å²) in [6, 6.07) is 7.87. The molecule has 1 aromatic carbocycles. The molecular weight excluding hydrogens is 270 g/mol. The highest BCUT2D eigenvalue weighted by Gasteiger charge is 2.09. The second-order valence-electron chi connectivity index (χ2n) is 4.89. The van der Waals surface area contributed by atoms with Crippen LogP contribution in [0.15, 0.2) is 24.3 Å². The second-order valence-corrected chi connectivity index (χ2v) is 4.89. The van der Waals surface area contributed by atoms with E-state index in [9.17, 15) is 9.59 Å². The Morgan fingerprint density at radius 2 is 1.86 bits per heavy atom. The number of carbonyl (C=O) groups excluding carboxylic acids is 1. The van der Waals surface area contributed by atoms with E-state index in [1.54, 1.807) is 7.05 Å². The standard InChI is InChI=1S/C16H23NO4/c1-3-21-14-9-7-13(8-10-14)5-4-6-15(18)17(2)12-11-16(19)20/h7-10H,3-6,11-12H2,1-2H3,(H,19,20). The Bertz CT molecular complexity index is 456. The van der Waals surface area contributed by atoms with E-state index in [1.165, 1.54) is 10.5 Å². The van der Waals surface area contributed by atoms with Crippen molar-refractivity contribution in [2.75, 3.05) is 20.2 Å². The summed E-state index contributed by atoms with van der Waals surface area (Å²) in [7, 11) is 1.64. The molecule has 0 bridgehead atoms. The highest BCUT2D eigenvalue weighted by Crippen LogP contribution is 2.14. The minimum absolute atomic E-state index is 0.0119. The van der Waals surface area contributed by atoms with Crippen molar-refractivity contribution in [3.8, 4) is 5.75 Å². The fourth-order valence-electron chi connectivity index (χ4n) is 1.94. The van der Waals surface area contributed by atoms with Gasteiger partial charge in [0.25, 0.3) is 0 Å². The largest absolute Gasteiger partial charge is 0.494 e. The zero-order chi connectivity index (χ0) is 15.7. The quantitative estimate of drug-likeness (QED) is 0.759. The average molecular weight is 293 g/mol. The molecule has 1 amide bonds. The van der Waals surface area contributed by atoms with Gasteiger partial charge in [-0.1, -0.05) is 12.1 Å². The molecule has 1 N–H and O–H groups in total. The van der Waals surface area contributed by atoms with Crippen molar-refractivity contribution in [1.82, 2.24) is 4.90 Å². The van der Waals surface area contributed by atoms with Gasteiger partial charge in [0.1, 0.15) is 5.75 Å². The monoisotopic (exact) mass is 293 g/mol. The number of hydrogen-bond acceptors (Lipinski definition) is 3. The van der Waals surface area contributed by atoms with E-state index in [0.717, 1.165) is 18.6 Å². The molecule has 1 aromatic rings. The van der Waals surface area contributed by atoms with Crippen molar-refractivity contribution < 1.29 is 19.4 Å². The molecular formula is C16H23NO4. The van der Waals surface area contributed by atoms with E-state index >= 15 is 0 Å². The van der Waals surface area contributed by atoms with Crippen molar-refractivity contribution in [2.24, 2.45) is 0 Å². The van der Waals surface area contributed by atoms with Crippen molar-refractivity contribution in [1.29, 1.82) is 0 Å². The maximum absolute atomic E-state index is 11.8. The first-order chi connectivity index (χ1) is 10.0. The van der Waals surface area contributed by atoms with Gasteiger partial charge in [-0.15, -0.1) is 0 Å². The summed E-state index contributed by atoms with van der Waals surface area (Å²) in [6.45, 7) is 2.86. The van der Waals surface area contributed by atoms with Gasteiger partial charge in [-0.3, -0.25) is 9.59 Å². The van der Waals surface area contributed by atoms with Crippen LogP contribution in [-0.4, -0.2) is 42.1 Å². The van der Waals surface area contributed by atoms with Gasteiger partial charge in [0.2, 0.25) is 5.91 Å². The Labute approximate surface area is 125 Å². The molecule has 21 heavy (non-hydrogen) atoms. The predicted octanol–water partition coefficient (Wildman–Crippen LogP) is 2.34. The van der Waals surface area contributed by atoms with E-state index in [-0.39, 0.29) is 18.9 Å². The molecule has 5 nitrogen and oxygen atoms in total. The molecule has 0 aromatic heterocycles. The van der Waals surface area contributed by atoms with Gasteiger partial charge in [-0.05, 0) is 37.5 Å².